The summed E-state index contributed by atoms with van der Waals surface area (Å²) in [7, 11) is 0. The van der Waals surface area contributed by atoms with Crippen molar-refractivity contribution < 1.29 is 4.52 Å². The quantitative estimate of drug-likeness (QED) is 0.746. The van der Waals surface area contributed by atoms with E-state index in [9.17, 15) is 0 Å². The molecule has 2 aromatic rings. The SMILES string of the molecule is Cc1noc2cc3c(cc12)C12CNCC1(C3)C2. The van der Waals surface area contributed by atoms with Gasteiger partial charge in [0.25, 0.3) is 0 Å². The molecule has 2 atom stereocenters. The Hall–Kier alpha value is -1.35. The Bertz CT molecular complexity index is 670. The highest BCUT2D eigenvalue weighted by molar-refractivity contribution is 5.83. The van der Waals surface area contributed by atoms with Gasteiger partial charge in [0.2, 0.25) is 0 Å². The topological polar surface area (TPSA) is 38.1 Å². The van der Waals surface area contributed by atoms with Crippen molar-refractivity contribution in [2.75, 3.05) is 13.1 Å². The van der Waals surface area contributed by atoms with E-state index in [2.05, 4.69) is 22.6 Å². The van der Waals surface area contributed by atoms with Crippen LogP contribution in [-0.2, 0) is 11.8 Å². The van der Waals surface area contributed by atoms with Gasteiger partial charge in [-0.05, 0) is 48.4 Å². The first-order valence-electron chi connectivity index (χ1n) is 6.34. The van der Waals surface area contributed by atoms with Crippen LogP contribution in [0.3, 0.4) is 0 Å². The Morgan fingerprint density at radius 3 is 3.24 bits per heavy atom. The molecule has 3 nitrogen and oxygen atoms in total. The summed E-state index contributed by atoms with van der Waals surface area (Å²) in [6.45, 7) is 4.38. The van der Waals surface area contributed by atoms with Gasteiger partial charge < -0.3 is 9.84 Å². The molecule has 2 fully saturated rings. The van der Waals surface area contributed by atoms with Crippen molar-refractivity contribution in [2.24, 2.45) is 5.41 Å². The summed E-state index contributed by atoms with van der Waals surface area (Å²) in [5.74, 6) is 0. The van der Waals surface area contributed by atoms with Gasteiger partial charge in [-0.1, -0.05) is 5.16 Å². The second-order valence-electron chi connectivity index (χ2n) is 6.09. The predicted molar refractivity (Wildman–Crippen MR) is 64.0 cm³/mol. The molecule has 3 aliphatic rings. The molecule has 1 saturated carbocycles. The standard InChI is InChI=1S/C14H14N2O/c1-8-10-3-11-9(2-12(10)17-16-8)4-13-5-14(11,13)7-15-6-13/h2-3,15H,4-7H2,1H3. The van der Waals surface area contributed by atoms with Gasteiger partial charge in [0.15, 0.2) is 5.58 Å². The summed E-state index contributed by atoms with van der Waals surface area (Å²) in [5.41, 5.74) is 6.06. The molecule has 1 N–H and O–H groups in total. The van der Waals surface area contributed by atoms with Crippen molar-refractivity contribution in [1.82, 2.24) is 10.5 Å². The normalized spacial score (nSPS) is 37.0. The highest BCUT2D eigenvalue weighted by Gasteiger charge is 2.73. The Balaban J connectivity index is 1.85. The Kier molecular flexibility index (Phi) is 1.16. The molecule has 0 bridgehead atoms. The van der Waals surface area contributed by atoms with Crippen LogP contribution in [0.15, 0.2) is 16.7 Å². The van der Waals surface area contributed by atoms with Crippen LogP contribution in [0, 0.1) is 12.3 Å². The fourth-order valence-electron chi connectivity index (χ4n) is 4.40. The number of rotatable bonds is 0. The molecule has 86 valence electrons. The molecule has 0 spiro atoms. The number of nitrogens with one attached hydrogen (secondary N) is 1. The second-order valence-corrected chi connectivity index (χ2v) is 6.09. The number of benzene rings is 1. The van der Waals surface area contributed by atoms with Gasteiger partial charge in [-0.25, -0.2) is 0 Å². The minimum absolute atomic E-state index is 0.459. The molecule has 17 heavy (non-hydrogen) atoms. The van der Waals surface area contributed by atoms with Crippen molar-refractivity contribution >= 4 is 11.0 Å². The highest BCUT2D eigenvalue weighted by Crippen LogP contribution is 2.73. The summed E-state index contributed by atoms with van der Waals surface area (Å²) in [4.78, 5) is 0. The number of aryl methyl sites for hydroxylation is 1. The largest absolute Gasteiger partial charge is 0.356 e. The molecule has 0 radical (unpaired) electrons. The number of piperidine rings is 1. The molecule has 1 saturated heterocycles. The van der Waals surface area contributed by atoms with Crippen LogP contribution in [-0.4, -0.2) is 18.2 Å². The van der Waals surface area contributed by atoms with Crippen molar-refractivity contribution in [3.8, 4) is 0 Å². The van der Waals surface area contributed by atoms with Gasteiger partial charge in [0.05, 0.1) is 5.69 Å². The first-order chi connectivity index (χ1) is 8.24. The van der Waals surface area contributed by atoms with Crippen LogP contribution in [0.4, 0.5) is 0 Å². The van der Waals surface area contributed by atoms with Gasteiger partial charge in [0, 0.05) is 23.9 Å². The Morgan fingerprint density at radius 1 is 1.35 bits per heavy atom. The molecule has 1 aliphatic heterocycles. The number of hydrogen-bond donors (Lipinski definition) is 1. The lowest BCUT2D eigenvalue weighted by Crippen LogP contribution is -2.21. The maximum atomic E-state index is 5.38. The minimum Gasteiger partial charge on any atom is -0.356 e. The molecule has 2 heterocycles. The fourth-order valence-corrected chi connectivity index (χ4v) is 4.40. The first-order valence-corrected chi connectivity index (χ1v) is 6.34. The fraction of sp³-hybridized carbons (Fsp3) is 0.500. The van der Waals surface area contributed by atoms with E-state index >= 15 is 0 Å². The van der Waals surface area contributed by atoms with E-state index in [1.165, 1.54) is 30.3 Å². The molecular weight excluding hydrogens is 212 g/mol. The van der Waals surface area contributed by atoms with Crippen LogP contribution in [0.1, 0.15) is 23.2 Å². The van der Waals surface area contributed by atoms with Gasteiger partial charge in [-0.15, -0.1) is 0 Å². The number of nitrogens with zero attached hydrogens (tertiary/aromatic N) is 1. The number of hydrogen-bond acceptors (Lipinski definition) is 3. The van der Waals surface area contributed by atoms with Gasteiger partial charge >= 0.3 is 0 Å². The van der Waals surface area contributed by atoms with E-state index in [-0.39, 0.29) is 0 Å². The van der Waals surface area contributed by atoms with E-state index in [1.54, 1.807) is 5.56 Å². The van der Waals surface area contributed by atoms with Gasteiger partial charge in [-0.3, -0.25) is 0 Å². The molecule has 1 aromatic heterocycles. The zero-order valence-corrected chi connectivity index (χ0v) is 9.84. The predicted octanol–water partition coefficient (Wildman–Crippen LogP) is 1.92. The van der Waals surface area contributed by atoms with Crippen LogP contribution >= 0.6 is 0 Å². The van der Waals surface area contributed by atoms with Crippen LogP contribution in [0.2, 0.25) is 0 Å². The van der Waals surface area contributed by atoms with E-state index < -0.39 is 0 Å². The molecule has 2 unspecified atom stereocenters. The van der Waals surface area contributed by atoms with Crippen molar-refractivity contribution in [2.45, 2.75) is 25.2 Å². The Labute approximate surface area is 99.2 Å². The third-order valence-corrected chi connectivity index (χ3v) is 5.34. The van der Waals surface area contributed by atoms with Crippen LogP contribution in [0.5, 0.6) is 0 Å². The van der Waals surface area contributed by atoms with Gasteiger partial charge in [0.1, 0.15) is 0 Å². The van der Waals surface area contributed by atoms with E-state index in [0.717, 1.165) is 17.8 Å². The van der Waals surface area contributed by atoms with E-state index in [0.29, 0.717) is 10.8 Å². The van der Waals surface area contributed by atoms with Gasteiger partial charge in [-0.2, -0.15) is 0 Å². The first kappa shape index (κ1) is 8.70. The maximum Gasteiger partial charge on any atom is 0.167 e. The Morgan fingerprint density at radius 2 is 2.29 bits per heavy atom. The van der Waals surface area contributed by atoms with Crippen molar-refractivity contribution in [3.63, 3.8) is 0 Å². The average molecular weight is 226 g/mol. The van der Waals surface area contributed by atoms with Crippen LogP contribution in [0.25, 0.3) is 11.0 Å². The molecule has 5 rings (SSSR count). The van der Waals surface area contributed by atoms with Crippen molar-refractivity contribution in [1.29, 1.82) is 0 Å². The summed E-state index contributed by atoms with van der Waals surface area (Å²) >= 11 is 0. The maximum absolute atomic E-state index is 5.38. The van der Waals surface area contributed by atoms with E-state index in [1.807, 2.05) is 6.92 Å². The minimum atomic E-state index is 0.459. The molecule has 1 aromatic carbocycles. The zero-order valence-electron chi connectivity index (χ0n) is 9.84. The molecular formula is C14H14N2O. The van der Waals surface area contributed by atoms with E-state index in [4.69, 9.17) is 4.52 Å². The number of aromatic nitrogens is 1. The molecule has 3 heteroatoms. The third kappa shape index (κ3) is 0.757. The molecule has 2 aliphatic carbocycles. The summed E-state index contributed by atoms with van der Waals surface area (Å²) < 4.78 is 5.38. The average Bonchev–Trinajstić information content (AvgIpc) is 2.60. The number of fused-ring (bicyclic) bond motifs is 2. The summed E-state index contributed by atoms with van der Waals surface area (Å²) in [6, 6.07) is 4.57. The lowest BCUT2D eigenvalue weighted by Gasteiger charge is -2.13. The lowest BCUT2D eigenvalue weighted by molar-refractivity contribution is 0.450. The third-order valence-electron chi connectivity index (χ3n) is 5.34. The molecule has 0 amide bonds. The summed E-state index contributed by atoms with van der Waals surface area (Å²) in [6.07, 6.45) is 2.61. The second kappa shape index (κ2) is 2.27. The van der Waals surface area contributed by atoms with Crippen LogP contribution < -0.4 is 5.32 Å². The smallest absolute Gasteiger partial charge is 0.167 e. The highest BCUT2D eigenvalue weighted by atomic mass is 16.5. The lowest BCUT2D eigenvalue weighted by atomic mass is 9.94. The van der Waals surface area contributed by atoms with Crippen molar-refractivity contribution in [3.05, 3.63) is 29.0 Å². The zero-order chi connectivity index (χ0) is 11.3. The summed E-state index contributed by atoms with van der Waals surface area (Å²) in [5, 5.41) is 8.83. The monoisotopic (exact) mass is 226 g/mol.